The third-order valence-corrected chi connectivity index (χ3v) is 16.8. The number of nitrogens with one attached hydrogen (secondary N) is 1. The first-order valence-corrected chi connectivity index (χ1v) is 33.8. The minimum atomic E-state index is -1.59. The monoisotopic (exact) mass is 1080 g/mol. The molecule has 8 unspecified atom stereocenters. The number of hydrogen-bond acceptors (Lipinski definition) is 9. The van der Waals surface area contributed by atoms with Crippen LogP contribution in [-0.2, 0) is 14.3 Å². The van der Waals surface area contributed by atoms with Crippen LogP contribution in [0.5, 0.6) is 0 Å². The molecule has 1 heterocycles. The SMILES string of the molecule is CCCCCCCCCCCCCCCCCCCCCCCCCCCCCCCCCCCCCCC(O)C(=O)NC(COC1OC(CO)C(O)C(O)C1O)C(O)CCCCCCCCCCCCCCCCC. The molecule has 1 fully saturated rings. The number of carbonyl (C=O) groups is 1. The highest BCUT2D eigenvalue weighted by Gasteiger charge is 2.44. The fraction of sp³-hybridized carbons (Fsp3) is 0.985. The van der Waals surface area contributed by atoms with Crippen molar-refractivity contribution in [2.24, 2.45) is 0 Å². The summed E-state index contributed by atoms with van der Waals surface area (Å²) >= 11 is 0. The summed E-state index contributed by atoms with van der Waals surface area (Å²) in [6, 6.07) is -0.890. The van der Waals surface area contributed by atoms with Gasteiger partial charge in [-0.25, -0.2) is 0 Å². The van der Waals surface area contributed by atoms with Crippen LogP contribution in [0.4, 0.5) is 0 Å². The lowest BCUT2D eigenvalue weighted by atomic mass is 9.99. The Morgan fingerprint density at radius 1 is 0.395 bits per heavy atom. The third kappa shape index (κ3) is 43.9. The smallest absolute Gasteiger partial charge is 0.249 e. The Morgan fingerprint density at radius 3 is 0.934 bits per heavy atom. The van der Waals surface area contributed by atoms with E-state index in [0.717, 1.165) is 38.5 Å². The lowest BCUT2D eigenvalue weighted by Gasteiger charge is -2.40. The summed E-state index contributed by atoms with van der Waals surface area (Å²) in [7, 11) is 0. The zero-order valence-corrected chi connectivity index (χ0v) is 50.4. The molecule has 76 heavy (non-hydrogen) atoms. The average molecular weight is 1080 g/mol. The van der Waals surface area contributed by atoms with Crippen LogP contribution in [0.15, 0.2) is 0 Å². The van der Waals surface area contributed by atoms with E-state index >= 15 is 0 Å². The molecule has 454 valence electrons. The lowest BCUT2D eigenvalue weighted by molar-refractivity contribution is -0.302. The van der Waals surface area contributed by atoms with Crippen LogP contribution >= 0.6 is 0 Å². The second-order valence-electron chi connectivity index (χ2n) is 24.1. The van der Waals surface area contributed by atoms with Gasteiger partial charge in [0.1, 0.15) is 30.5 Å². The van der Waals surface area contributed by atoms with Gasteiger partial charge in [-0.2, -0.15) is 0 Å². The van der Waals surface area contributed by atoms with Crippen molar-refractivity contribution in [3.63, 3.8) is 0 Å². The van der Waals surface area contributed by atoms with Crippen molar-refractivity contribution in [3.8, 4) is 0 Å². The molecule has 0 spiro atoms. The number of carbonyl (C=O) groups excluding carboxylic acids is 1. The van der Waals surface area contributed by atoms with Crippen LogP contribution in [0.2, 0.25) is 0 Å². The standard InChI is InChI=1S/C66H131NO9/c1-3-5-7-9-11-13-15-17-19-20-21-22-23-24-25-26-27-28-29-30-31-32-33-34-35-36-37-38-39-41-43-45-47-49-51-53-55-60(70)65(74)67-58(57-75-66-64(73)63(72)62(71)61(56-68)76-66)59(69)54-52-50-48-46-44-42-40-18-16-14-12-10-8-6-4-2/h58-64,66,68-73H,3-57H2,1-2H3,(H,67,74). The summed E-state index contributed by atoms with van der Waals surface area (Å²) in [4.78, 5) is 13.2. The molecular weight excluding hydrogens is 951 g/mol. The third-order valence-electron chi connectivity index (χ3n) is 16.8. The van der Waals surface area contributed by atoms with Crippen LogP contribution in [0.3, 0.4) is 0 Å². The zero-order chi connectivity index (χ0) is 55.2. The molecular formula is C66H131NO9. The van der Waals surface area contributed by atoms with E-state index in [1.807, 2.05) is 0 Å². The van der Waals surface area contributed by atoms with Crippen molar-refractivity contribution in [1.82, 2.24) is 5.32 Å². The van der Waals surface area contributed by atoms with Crippen molar-refractivity contribution in [1.29, 1.82) is 0 Å². The van der Waals surface area contributed by atoms with Crippen LogP contribution < -0.4 is 5.32 Å². The summed E-state index contributed by atoms with van der Waals surface area (Å²) in [6.45, 7) is 3.73. The van der Waals surface area contributed by atoms with Crippen molar-refractivity contribution < 1.29 is 44.9 Å². The lowest BCUT2D eigenvalue weighted by Crippen LogP contribution is -2.60. The highest BCUT2D eigenvalue weighted by molar-refractivity contribution is 5.80. The Labute approximate surface area is 470 Å². The Hall–Kier alpha value is -0.850. The van der Waals surface area contributed by atoms with Gasteiger partial charge in [0, 0.05) is 0 Å². The van der Waals surface area contributed by atoms with E-state index in [1.54, 1.807) is 0 Å². The molecule has 10 heteroatoms. The molecule has 7 N–H and O–H groups in total. The van der Waals surface area contributed by atoms with Crippen molar-refractivity contribution >= 4 is 5.91 Å². The van der Waals surface area contributed by atoms with Gasteiger partial charge in [0.2, 0.25) is 5.91 Å². The minimum absolute atomic E-state index is 0.249. The summed E-state index contributed by atoms with van der Waals surface area (Å²) in [5, 5.41) is 65.3. The molecule has 1 rings (SSSR count). The molecule has 10 nitrogen and oxygen atoms in total. The van der Waals surface area contributed by atoms with Crippen molar-refractivity contribution in [2.75, 3.05) is 13.2 Å². The topological polar surface area (TPSA) is 169 Å². The Morgan fingerprint density at radius 2 is 0.658 bits per heavy atom. The van der Waals surface area contributed by atoms with Gasteiger partial charge >= 0.3 is 0 Å². The average Bonchev–Trinajstić information content (AvgIpc) is 3.42. The van der Waals surface area contributed by atoms with Crippen LogP contribution in [0.1, 0.15) is 354 Å². The van der Waals surface area contributed by atoms with Gasteiger partial charge < -0.3 is 45.4 Å². The van der Waals surface area contributed by atoms with Crippen LogP contribution in [0, 0.1) is 0 Å². The Balaban J connectivity index is 2.06. The fourth-order valence-corrected chi connectivity index (χ4v) is 11.4. The molecule has 0 aromatic rings. The number of unbranched alkanes of at least 4 members (excludes halogenated alkanes) is 49. The quantitative estimate of drug-likeness (QED) is 0.0293. The summed E-state index contributed by atoms with van der Waals surface area (Å²) < 4.78 is 11.3. The second kappa shape index (κ2) is 56.0. The van der Waals surface area contributed by atoms with Gasteiger partial charge in [-0.05, 0) is 12.8 Å². The molecule has 1 amide bonds. The number of aliphatic hydroxyl groups excluding tert-OH is 6. The predicted octanol–water partition coefficient (Wildman–Crippen LogP) is 16.7. The first-order chi connectivity index (χ1) is 37.3. The molecule has 0 saturated carbocycles. The van der Waals surface area contributed by atoms with Crippen LogP contribution in [-0.4, -0.2) is 98.7 Å². The summed E-state index contributed by atoms with van der Waals surface area (Å²) in [6.07, 6.45) is 59.3. The summed E-state index contributed by atoms with van der Waals surface area (Å²) in [5.41, 5.74) is 0. The minimum Gasteiger partial charge on any atom is -0.394 e. The van der Waals surface area contributed by atoms with Gasteiger partial charge in [0.25, 0.3) is 0 Å². The van der Waals surface area contributed by atoms with E-state index in [-0.39, 0.29) is 6.61 Å². The van der Waals surface area contributed by atoms with Gasteiger partial charge in [-0.3, -0.25) is 4.79 Å². The van der Waals surface area contributed by atoms with E-state index in [4.69, 9.17) is 9.47 Å². The first kappa shape index (κ1) is 73.2. The Bertz CT molecular complexity index is 1180. The Kier molecular flexibility index (Phi) is 53.9. The van der Waals surface area contributed by atoms with Crippen molar-refractivity contribution in [2.45, 2.75) is 403 Å². The predicted molar refractivity (Wildman–Crippen MR) is 320 cm³/mol. The molecule has 1 aliphatic rings. The van der Waals surface area contributed by atoms with E-state index in [0.29, 0.717) is 12.8 Å². The molecule has 0 aromatic carbocycles. The van der Waals surface area contributed by atoms with E-state index in [1.165, 1.54) is 289 Å². The first-order valence-electron chi connectivity index (χ1n) is 33.8. The number of aliphatic hydroxyl groups is 6. The molecule has 0 radical (unpaired) electrons. The summed E-state index contributed by atoms with van der Waals surface area (Å²) in [5.74, 6) is -0.575. The van der Waals surface area contributed by atoms with Gasteiger partial charge in [-0.1, -0.05) is 341 Å². The van der Waals surface area contributed by atoms with Crippen LogP contribution in [0.25, 0.3) is 0 Å². The van der Waals surface area contributed by atoms with Gasteiger partial charge in [-0.15, -0.1) is 0 Å². The normalized spacial score (nSPS) is 19.1. The molecule has 0 bridgehead atoms. The molecule has 0 aliphatic carbocycles. The largest absolute Gasteiger partial charge is 0.394 e. The van der Waals surface area contributed by atoms with E-state index in [9.17, 15) is 35.4 Å². The molecule has 0 aromatic heterocycles. The van der Waals surface area contributed by atoms with E-state index < -0.39 is 61.5 Å². The maximum atomic E-state index is 13.2. The number of amides is 1. The fourth-order valence-electron chi connectivity index (χ4n) is 11.4. The molecule has 1 saturated heterocycles. The molecule has 8 atom stereocenters. The maximum absolute atomic E-state index is 13.2. The number of ether oxygens (including phenoxy) is 2. The maximum Gasteiger partial charge on any atom is 0.249 e. The second-order valence-corrected chi connectivity index (χ2v) is 24.1. The highest BCUT2D eigenvalue weighted by atomic mass is 16.7. The molecule has 1 aliphatic heterocycles. The number of hydrogen-bond donors (Lipinski definition) is 7. The van der Waals surface area contributed by atoms with Gasteiger partial charge in [0.15, 0.2) is 6.29 Å². The van der Waals surface area contributed by atoms with Crippen molar-refractivity contribution in [3.05, 3.63) is 0 Å². The van der Waals surface area contributed by atoms with E-state index in [2.05, 4.69) is 19.2 Å². The highest BCUT2D eigenvalue weighted by Crippen LogP contribution is 2.24. The zero-order valence-electron chi connectivity index (χ0n) is 50.4. The number of rotatable bonds is 60. The van der Waals surface area contributed by atoms with Gasteiger partial charge in [0.05, 0.1) is 25.4 Å².